The number of anilines is 1. The SMILES string of the molecule is C[NH+](CC(=O)Nc1ccc(Cl)cc1)Cc1cccc(C#N)c1. The first-order valence-electron chi connectivity index (χ1n) is 6.92. The second-order valence-electron chi connectivity index (χ2n) is 5.18. The van der Waals surface area contributed by atoms with Gasteiger partial charge in [0.15, 0.2) is 6.54 Å². The Labute approximate surface area is 134 Å². The van der Waals surface area contributed by atoms with E-state index in [1.165, 1.54) is 0 Å². The maximum Gasteiger partial charge on any atom is 0.279 e. The van der Waals surface area contributed by atoms with Gasteiger partial charge in [-0.05, 0) is 36.4 Å². The van der Waals surface area contributed by atoms with Crippen molar-refractivity contribution in [2.24, 2.45) is 0 Å². The molecule has 4 nitrogen and oxygen atoms in total. The van der Waals surface area contributed by atoms with Crippen molar-refractivity contribution in [3.8, 4) is 6.07 Å². The van der Waals surface area contributed by atoms with Crippen LogP contribution in [0.5, 0.6) is 0 Å². The highest BCUT2D eigenvalue weighted by atomic mass is 35.5. The van der Waals surface area contributed by atoms with Gasteiger partial charge < -0.3 is 10.2 Å². The van der Waals surface area contributed by atoms with Crippen LogP contribution in [0.1, 0.15) is 11.1 Å². The molecule has 112 valence electrons. The Kier molecular flexibility index (Phi) is 5.54. The minimum Gasteiger partial charge on any atom is -0.326 e. The molecule has 0 heterocycles. The molecular formula is C17H17ClN3O+. The summed E-state index contributed by atoms with van der Waals surface area (Å²) in [5.41, 5.74) is 2.40. The van der Waals surface area contributed by atoms with E-state index >= 15 is 0 Å². The number of hydrogen-bond donors (Lipinski definition) is 2. The molecule has 0 spiro atoms. The number of carbonyl (C=O) groups is 1. The molecule has 0 radical (unpaired) electrons. The molecule has 1 atom stereocenters. The lowest BCUT2D eigenvalue weighted by Gasteiger charge is -2.14. The molecule has 1 amide bonds. The second kappa shape index (κ2) is 7.60. The van der Waals surface area contributed by atoms with E-state index in [4.69, 9.17) is 16.9 Å². The van der Waals surface area contributed by atoms with Crippen LogP contribution in [0.2, 0.25) is 5.02 Å². The van der Waals surface area contributed by atoms with Gasteiger partial charge in [-0.2, -0.15) is 5.26 Å². The molecule has 0 aromatic heterocycles. The Morgan fingerprint density at radius 1 is 1.27 bits per heavy atom. The smallest absolute Gasteiger partial charge is 0.279 e. The summed E-state index contributed by atoms with van der Waals surface area (Å²) in [6.45, 7) is 1.03. The average molecular weight is 315 g/mol. The van der Waals surface area contributed by atoms with Gasteiger partial charge in [0.2, 0.25) is 0 Å². The van der Waals surface area contributed by atoms with Gasteiger partial charge in [-0.3, -0.25) is 4.79 Å². The zero-order chi connectivity index (χ0) is 15.9. The first-order valence-corrected chi connectivity index (χ1v) is 7.30. The third-order valence-electron chi connectivity index (χ3n) is 3.15. The maximum absolute atomic E-state index is 12.0. The van der Waals surface area contributed by atoms with Gasteiger partial charge in [0.25, 0.3) is 5.91 Å². The van der Waals surface area contributed by atoms with Gasteiger partial charge in [0.05, 0.1) is 18.7 Å². The van der Waals surface area contributed by atoms with Crippen molar-refractivity contribution in [2.75, 3.05) is 18.9 Å². The summed E-state index contributed by atoms with van der Waals surface area (Å²) in [5.74, 6) is -0.0590. The lowest BCUT2D eigenvalue weighted by Crippen LogP contribution is -3.08. The van der Waals surface area contributed by atoms with Crippen LogP contribution in [0.15, 0.2) is 48.5 Å². The van der Waals surface area contributed by atoms with Gasteiger partial charge in [-0.1, -0.05) is 23.7 Å². The predicted octanol–water partition coefficient (Wildman–Crippen LogP) is 1.87. The number of likely N-dealkylation sites (N-methyl/N-ethyl adjacent to an activating group) is 1. The van der Waals surface area contributed by atoms with Crippen LogP contribution in [0.4, 0.5) is 5.69 Å². The predicted molar refractivity (Wildman–Crippen MR) is 86.7 cm³/mol. The molecule has 0 saturated carbocycles. The van der Waals surface area contributed by atoms with E-state index in [9.17, 15) is 4.79 Å². The second-order valence-corrected chi connectivity index (χ2v) is 5.61. The van der Waals surface area contributed by atoms with Crippen molar-refractivity contribution in [1.82, 2.24) is 0 Å². The quantitative estimate of drug-likeness (QED) is 0.885. The lowest BCUT2D eigenvalue weighted by molar-refractivity contribution is -0.885. The third-order valence-corrected chi connectivity index (χ3v) is 3.40. The minimum absolute atomic E-state index is 0.0590. The molecule has 5 heteroatoms. The van der Waals surface area contributed by atoms with Crippen molar-refractivity contribution in [1.29, 1.82) is 5.26 Å². The molecule has 22 heavy (non-hydrogen) atoms. The lowest BCUT2D eigenvalue weighted by atomic mass is 10.1. The van der Waals surface area contributed by atoms with Gasteiger partial charge in [0.1, 0.15) is 6.54 Å². The van der Waals surface area contributed by atoms with E-state index in [1.807, 2.05) is 25.2 Å². The van der Waals surface area contributed by atoms with E-state index in [2.05, 4.69) is 11.4 Å². The van der Waals surface area contributed by atoms with Crippen molar-refractivity contribution in [3.63, 3.8) is 0 Å². The molecular weight excluding hydrogens is 298 g/mol. The van der Waals surface area contributed by atoms with Gasteiger partial charge in [0, 0.05) is 16.3 Å². The van der Waals surface area contributed by atoms with E-state index in [0.29, 0.717) is 23.7 Å². The topological polar surface area (TPSA) is 57.3 Å². The first-order chi connectivity index (χ1) is 10.6. The third kappa shape index (κ3) is 4.88. The summed E-state index contributed by atoms with van der Waals surface area (Å²) in [6, 6.07) is 16.6. The fourth-order valence-electron chi connectivity index (χ4n) is 2.17. The number of amides is 1. The highest BCUT2D eigenvalue weighted by Gasteiger charge is 2.11. The van der Waals surface area contributed by atoms with Gasteiger partial charge in [-0.25, -0.2) is 0 Å². The molecule has 0 aliphatic rings. The Morgan fingerprint density at radius 2 is 2.00 bits per heavy atom. The number of quaternary nitrogens is 1. The molecule has 0 aliphatic carbocycles. The molecule has 2 aromatic carbocycles. The van der Waals surface area contributed by atoms with Crippen LogP contribution in [0.3, 0.4) is 0 Å². The summed E-state index contributed by atoms with van der Waals surface area (Å²) in [5, 5.41) is 12.4. The highest BCUT2D eigenvalue weighted by molar-refractivity contribution is 6.30. The fraction of sp³-hybridized carbons (Fsp3) is 0.176. The average Bonchev–Trinajstić information content (AvgIpc) is 2.49. The van der Waals surface area contributed by atoms with Crippen LogP contribution < -0.4 is 10.2 Å². The number of benzene rings is 2. The Balaban J connectivity index is 1.88. The number of hydrogen-bond acceptors (Lipinski definition) is 2. The summed E-state index contributed by atoms with van der Waals surface area (Å²) < 4.78 is 0. The maximum atomic E-state index is 12.0. The monoisotopic (exact) mass is 314 g/mol. The zero-order valence-corrected chi connectivity index (χ0v) is 13.0. The summed E-state index contributed by atoms with van der Waals surface area (Å²) in [6.07, 6.45) is 0. The van der Waals surface area contributed by atoms with E-state index < -0.39 is 0 Å². The van der Waals surface area contributed by atoms with Crippen LogP contribution in [0.25, 0.3) is 0 Å². The standard InChI is InChI=1S/C17H16ClN3O/c1-21(11-14-4-2-3-13(9-14)10-19)12-17(22)20-16-7-5-15(18)6-8-16/h2-9H,11-12H2,1H3,(H,20,22)/p+1. The number of halogens is 1. The number of nitrogens with zero attached hydrogens (tertiary/aromatic N) is 1. The highest BCUT2D eigenvalue weighted by Crippen LogP contribution is 2.12. The number of rotatable bonds is 5. The Bertz CT molecular complexity index is 692. The number of carbonyl (C=O) groups excluding carboxylic acids is 1. The number of nitriles is 1. The van der Waals surface area contributed by atoms with Crippen molar-refractivity contribution >= 4 is 23.2 Å². The first kappa shape index (κ1) is 16.0. The van der Waals surface area contributed by atoms with Gasteiger partial charge >= 0.3 is 0 Å². The molecule has 0 fully saturated rings. The Hall–Kier alpha value is -2.35. The largest absolute Gasteiger partial charge is 0.326 e. The molecule has 2 N–H and O–H groups in total. The molecule has 0 aliphatic heterocycles. The van der Waals surface area contributed by atoms with E-state index in [0.717, 1.165) is 16.2 Å². The Morgan fingerprint density at radius 3 is 2.68 bits per heavy atom. The van der Waals surface area contributed by atoms with Crippen molar-refractivity contribution in [2.45, 2.75) is 6.54 Å². The molecule has 0 bridgehead atoms. The summed E-state index contributed by atoms with van der Waals surface area (Å²) in [4.78, 5) is 13.0. The van der Waals surface area contributed by atoms with Crippen LogP contribution in [0, 0.1) is 11.3 Å². The number of nitrogens with one attached hydrogen (secondary N) is 2. The van der Waals surface area contributed by atoms with E-state index in [-0.39, 0.29) is 5.91 Å². The molecule has 1 unspecified atom stereocenters. The van der Waals surface area contributed by atoms with Crippen LogP contribution >= 0.6 is 11.6 Å². The molecule has 2 rings (SSSR count). The van der Waals surface area contributed by atoms with Crippen LogP contribution in [-0.4, -0.2) is 19.5 Å². The van der Waals surface area contributed by atoms with Crippen molar-refractivity contribution in [3.05, 3.63) is 64.7 Å². The van der Waals surface area contributed by atoms with Crippen molar-refractivity contribution < 1.29 is 9.69 Å². The summed E-state index contributed by atoms with van der Waals surface area (Å²) in [7, 11) is 1.94. The molecule has 2 aromatic rings. The van der Waals surface area contributed by atoms with Crippen LogP contribution in [-0.2, 0) is 11.3 Å². The zero-order valence-electron chi connectivity index (χ0n) is 12.3. The summed E-state index contributed by atoms with van der Waals surface area (Å²) >= 11 is 5.81. The fourth-order valence-corrected chi connectivity index (χ4v) is 2.30. The normalized spacial score (nSPS) is 11.5. The van der Waals surface area contributed by atoms with E-state index in [1.54, 1.807) is 30.3 Å². The van der Waals surface area contributed by atoms with Gasteiger partial charge in [-0.15, -0.1) is 0 Å². The molecule has 0 saturated heterocycles. The minimum atomic E-state index is -0.0590.